The van der Waals surface area contributed by atoms with Crippen LogP contribution in [0.2, 0.25) is 0 Å². The lowest BCUT2D eigenvalue weighted by Gasteiger charge is -2.14. The van der Waals surface area contributed by atoms with Gasteiger partial charge in [-0.25, -0.2) is 13.8 Å². The van der Waals surface area contributed by atoms with Crippen LogP contribution in [0.15, 0.2) is 58.2 Å². The van der Waals surface area contributed by atoms with Crippen molar-refractivity contribution in [3.8, 4) is 0 Å². The second-order valence-corrected chi connectivity index (χ2v) is 8.72. The van der Waals surface area contributed by atoms with Crippen LogP contribution in [0.3, 0.4) is 0 Å². The van der Waals surface area contributed by atoms with Crippen LogP contribution in [0.1, 0.15) is 59.4 Å². The van der Waals surface area contributed by atoms with Gasteiger partial charge in [-0.15, -0.1) is 0 Å². The van der Waals surface area contributed by atoms with Crippen molar-refractivity contribution in [2.45, 2.75) is 59.8 Å². The summed E-state index contributed by atoms with van der Waals surface area (Å²) in [5.41, 5.74) is 3.08. The second-order valence-electron chi connectivity index (χ2n) is 8.72. The molecule has 0 aliphatic heterocycles. The number of carbonyl (C=O) groups is 1. The number of fused-ring (bicyclic) bond motifs is 1. The molecule has 7 nitrogen and oxygen atoms in total. The highest BCUT2D eigenvalue weighted by Gasteiger charge is 2.61. The quantitative estimate of drug-likeness (QED) is 0.208. The van der Waals surface area contributed by atoms with Gasteiger partial charge in [0.2, 0.25) is 5.91 Å². The first-order chi connectivity index (χ1) is 16.9. The molecule has 0 saturated heterocycles. The van der Waals surface area contributed by atoms with E-state index in [9.17, 15) is 18.4 Å². The minimum Gasteiger partial charge on any atom is -0.411 e. The zero-order valence-electron chi connectivity index (χ0n) is 21.7. The van der Waals surface area contributed by atoms with Gasteiger partial charge < -0.3 is 15.1 Å². The number of halogens is 2. The van der Waals surface area contributed by atoms with Gasteiger partial charge >= 0.3 is 0 Å². The fourth-order valence-electron chi connectivity index (χ4n) is 3.72. The summed E-state index contributed by atoms with van der Waals surface area (Å²) in [5.74, 6) is -4.99. The lowest BCUT2D eigenvalue weighted by Crippen LogP contribution is -2.22. The van der Waals surface area contributed by atoms with Gasteiger partial charge in [-0.05, 0) is 43.1 Å². The predicted octanol–water partition coefficient (Wildman–Crippen LogP) is 6.09. The molecule has 0 spiro atoms. The molecule has 2 aromatic rings. The molecule has 1 fully saturated rings. The van der Waals surface area contributed by atoms with Gasteiger partial charge in [-0.1, -0.05) is 51.1 Å². The number of oxime groups is 1. The molecule has 0 bridgehead atoms. The Hall–Kier alpha value is -3.62. The summed E-state index contributed by atoms with van der Waals surface area (Å²) in [5, 5.41) is 15.4. The molecular weight excluding hydrogens is 466 g/mol. The van der Waals surface area contributed by atoms with E-state index in [4.69, 9.17) is 5.21 Å². The molecule has 194 valence electrons. The number of aryl methyl sites for hydroxylation is 1. The van der Waals surface area contributed by atoms with Crippen molar-refractivity contribution in [3.05, 3.63) is 64.1 Å². The van der Waals surface area contributed by atoms with E-state index < -0.39 is 24.2 Å². The molecule has 3 rings (SSSR count). The average molecular weight is 501 g/mol. The van der Waals surface area contributed by atoms with Crippen LogP contribution in [0.25, 0.3) is 16.5 Å². The minimum atomic E-state index is -2.97. The van der Waals surface area contributed by atoms with Crippen LogP contribution in [0.5, 0.6) is 0 Å². The number of rotatable bonds is 7. The van der Waals surface area contributed by atoms with Crippen LogP contribution in [0.4, 0.5) is 14.6 Å². The number of amides is 1. The van der Waals surface area contributed by atoms with Crippen molar-refractivity contribution in [3.63, 3.8) is 0 Å². The van der Waals surface area contributed by atoms with Crippen molar-refractivity contribution in [1.29, 1.82) is 0 Å². The molecule has 2 heterocycles. The normalized spacial score (nSPS) is 17.3. The molecule has 9 heteroatoms. The Kier molecular flexibility index (Phi) is 9.44. The van der Waals surface area contributed by atoms with E-state index in [1.807, 2.05) is 20.8 Å². The Morgan fingerprint density at radius 2 is 1.97 bits per heavy atom. The summed E-state index contributed by atoms with van der Waals surface area (Å²) < 4.78 is 27.7. The van der Waals surface area contributed by atoms with Crippen molar-refractivity contribution in [2.24, 2.45) is 18.1 Å². The van der Waals surface area contributed by atoms with E-state index >= 15 is 0 Å². The summed E-state index contributed by atoms with van der Waals surface area (Å²) in [6, 6.07) is 3.19. The molecule has 0 aromatic carbocycles. The van der Waals surface area contributed by atoms with Gasteiger partial charge in [0.1, 0.15) is 11.7 Å². The summed E-state index contributed by atoms with van der Waals surface area (Å²) in [6.07, 6.45) is 6.33. The number of anilines is 1. The van der Waals surface area contributed by atoms with Gasteiger partial charge in [0.25, 0.3) is 11.5 Å². The van der Waals surface area contributed by atoms with E-state index in [1.54, 1.807) is 25.3 Å². The van der Waals surface area contributed by atoms with Gasteiger partial charge in [-0.2, -0.15) is 0 Å². The van der Waals surface area contributed by atoms with Crippen LogP contribution in [-0.4, -0.2) is 32.3 Å². The maximum Gasteiger partial charge on any atom is 0.260 e. The van der Waals surface area contributed by atoms with E-state index in [1.165, 1.54) is 23.3 Å². The third-order valence-electron chi connectivity index (χ3n) is 5.72. The third kappa shape index (κ3) is 6.33. The van der Waals surface area contributed by atoms with E-state index in [-0.39, 0.29) is 11.4 Å². The van der Waals surface area contributed by atoms with Gasteiger partial charge in [0.15, 0.2) is 0 Å². The molecule has 1 aliphatic carbocycles. The largest absolute Gasteiger partial charge is 0.411 e. The first kappa shape index (κ1) is 28.6. The van der Waals surface area contributed by atoms with Gasteiger partial charge in [-0.3, -0.25) is 9.59 Å². The molecule has 1 saturated carbocycles. The monoisotopic (exact) mass is 500 g/mol. The van der Waals surface area contributed by atoms with E-state index in [0.717, 1.165) is 5.57 Å². The van der Waals surface area contributed by atoms with Crippen LogP contribution < -0.4 is 10.9 Å². The predicted molar refractivity (Wildman–Crippen MR) is 141 cm³/mol. The molecule has 1 unspecified atom stereocenters. The summed E-state index contributed by atoms with van der Waals surface area (Å²) in [6.45, 7) is 13.7. The Morgan fingerprint density at radius 3 is 2.47 bits per heavy atom. The van der Waals surface area contributed by atoms with Crippen LogP contribution >= 0.6 is 0 Å². The Labute approximate surface area is 209 Å². The lowest BCUT2D eigenvalue weighted by atomic mass is 9.96. The van der Waals surface area contributed by atoms with Crippen molar-refractivity contribution in [1.82, 2.24) is 9.55 Å². The van der Waals surface area contributed by atoms with Crippen LogP contribution in [-0.2, 0) is 11.8 Å². The first-order valence-electron chi connectivity index (χ1n) is 11.9. The van der Waals surface area contributed by atoms with Crippen LogP contribution in [0, 0.1) is 5.92 Å². The number of alkyl halides is 2. The fraction of sp³-hybridized carbons (Fsp3) is 0.407. The molecule has 1 amide bonds. The standard InChI is InChI=1S/C24H26F2N4O3.C3H8/c1-6-16(13(3)8-14(4)19(7-2)29-33)17-9-15-12-27-21(10-20(15)30(5)23(17)32)28-22(31)18-11-24(18,25)26;1-3-2/h6,8-10,12,18,33H,4,7,11H2,1-3,5H3,(H,27,28,31);3H2,1-2H3/b13-8-,16-6+,29-19-;. The Bertz CT molecular complexity index is 1310. The summed E-state index contributed by atoms with van der Waals surface area (Å²) in [7, 11) is 1.59. The first-order valence-corrected chi connectivity index (χ1v) is 11.9. The molecule has 0 radical (unpaired) electrons. The molecule has 2 aromatic heterocycles. The SMILES string of the molecule is C=C(/C=C(C)\C(=C/C)c1cc2cnc(NC(=O)C3CC3(F)F)cc2n(C)c1=O)/C(CC)=N\O.CCC. The molecule has 2 N–H and O–H groups in total. The maximum absolute atomic E-state index is 13.2. The van der Waals surface area contributed by atoms with E-state index in [2.05, 4.69) is 35.9 Å². The highest BCUT2D eigenvalue weighted by atomic mass is 19.3. The number of carbonyl (C=O) groups excluding carboxylic acids is 1. The highest BCUT2D eigenvalue weighted by Crippen LogP contribution is 2.49. The lowest BCUT2D eigenvalue weighted by molar-refractivity contribution is -0.119. The number of nitrogens with one attached hydrogen (secondary N) is 1. The van der Waals surface area contributed by atoms with Gasteiger partial charge in [0, 0.05) is 36.7 Å². The number of hydrogen-bond donors (Lipinski definition) is 2. The highest BCUT2D eigenvalue weighted by molar-refractivity contribution is 6.02. The minimum absolute atomic E-state index is 0.104. The molecule has 1 atom stereocenters. The number of nitrogens with zero attached hydrogens (tertiary/aromatic N) is 3. The zero-order chi connectivity index (χ0) is 27.2. The van der Waals surface area contributed by atoms with Crippen molar-refractivity contribution >= 4 is 33.9 Å². The Balaban J connectivity index is 0.00000145. The molecule has 36 heavy (non-hydrogen) atoms. The smallest absolute Gasteiger partial charge is 0.260 e. The van der Waals surface area contributed by atoms with Crippen molar-refractivity contribution in [2.75, 3.05) is 5.32 Å². The summed E-state index contributed by atoms with van der Waals surface area (Å²) in [4.78, 5) is 29.3. The molecular formula is C27H34F2N4O3. The van der Waals surface area contributed by atoms with E-state index in [0.29, 0.717) is 39.7 Å². The zero-order valence-corrected chi connectivity index (χ0v) is 21.7. The fourth-order valence-corrected chi connectivity index (χ4v) is 3.72. The average Bonchev–Trinajstić information content (AvgIpc) is 3.47. The summed E-state index contributed by atoms with van der Waals surface area (Å²) >= 11 is 0. The second kappa shape index (κ2) is 11.9. The third-order valence-corrected chi connectivity index (χ3v) is 5.72. The van der Waals surface area contributed by atoms with Gasteiger partial charge in [0.05, 0.1) is 11.2 Å². The maximum atomic E-state index is 13.2. The Morgan fingerprint density at radius 1 is 1.36 bits per heavy atom. The van der Waals surface area contributed by atoms with Crippen molar-refractivity contribution < 1.29 is 18.8 Å². The number of aromatic nitrogens is 2. The number of hydrogen-bond acceptors (Lipinski definition) is 5. The molecule has 1 aliphatic rings. The number of pyridine rings is 2. The number of allylic oxidation sites excluding steroid dienone is 5. The topological polar surface area (TPSA) is 96.6 Å².